The Morgan fingerprint density at radius 3 is 3.15 bits per heavy atom. The van der Waals surface area contributed by atoms with E-state index in [-0.39, 0.29) is 0 Å². The lowest BCUT2D eigenvalue weighted by Crippen LogP contribution is -2.33. The van der Waals surface area contributed by atoms with E-state index in [2.05, 4.69) is 44.9 Å². The first kappa shape index (κ1) is 13.3. The van der Waals surface area contributed by atoms with Crippen LogP contribution < -0.4 is 5.32 Å². The van der Waals surface area contributed by atoms with E-state index in [9.17, 15) is 0 Å². The van der Waals surface area contributed by atoms with Gasteiger partial charge in [0.05, 0.1) is 19.6 Å². The molecule has 0 saturated heterocycles. The minimum atomic E-state index is 0.802. The second kappa shape index (κ2) is 5.76. The monoisotopic (exact) mass is 275 g/mol. The Labute approximate surface area is 118 Å². The molecule has 20 heavy (non-hydrogen) atoms. The van der Waals surface area contributed by atoms with Gasteiger partial charge in [0.25, 0.3) is 0 Å². The Hall–Kier alpha value is -1.66. The molecule has 0 bridgehead atoms. The van der Waals surface area contributed by atoms with Gasteiger partial charge in [0.1, 0.15) is 23.7 Å². The smallest absolute Gasteiger partial charge is 0.147 e. The zero-order valence-corrected chi connectivity index (χ0v) is 12.1. The molecule has 6 heteroatoms. The minimum absolute atomic E-state index is 0.802. The van der Waals surface area contributed by atoms with Crippen molar-refractivity contribution in [3.05, 3.63) is 35.3 Å². The summed E-state index contributed by atoms with van der Waals surface area (Å²) in [5.74, 6) is 3.11. The molecule has 108 valence electrons. The van der Waals surface area contributed by atoms with E-state index in [4.69, 9.17) is 4.42 Å². The molecule has 3 rings (SSSR count). The fraction of sp³-hybridized carbons (Fsp3) is 0.571. The van der Waals surface area contributed by atoms with Crippen LogP contribution in [-0.4, -0.2) is 32.8 Å². The highest BCUT2D eigenvalue weighted by Gasteiger charge is 2.19. The van der Waals surface area contributed by atoms with Crippen LogP contribution >= 0.6 is 0 Å². The first-order valence-corrected chi connectivity index (χ1v) is 7.14. The van der Waals surface area contributed by atoms with Gasteiger partial charge in [0.2, 0.25) is 0 Å². The average Bonchev–Trinajstić information content (AvgIpc) is 3.03. The topological polar surface area (TPSA) is 59.1 Å². The maximum absolute atomic E-state index is 5.94. The van der Waals surface area contributed by atoms with E-state index in [0.29, 0.717) is 0 Å². The van der Waals surface area contributed by atoms with Gasteiger partial charge in [-0.3, -0.25) is 4.90 Å². The Bertz CT molecular complexity index is 574. The first-order chi connectivity index (χ1) is 9.76. The Morgan fingerprint density at radius 1 is 1.40 bits per heavy atom. The van der Waals surface area contributed by atoms with Crippen LogP contribution in [0.4, 0.5) is 0 Å². The number of hydrogen-bond donors (Lipinski definition) is 1. The lowest BCUT2D eigenvalue weighted by molar-refractivity contribution is 0.192. The molecule has 0 aromatic carbocycles. The van der Waals surface area contributed by atoms with Gasteiger partial charge in [-0.25, -0.2) is 0 Å². The molecule has 3 heterocycles. The van der Waals surface area contributed by atoms with Crippen LogP contribution in [0.2, 0.25) is 0 Å². The molecular formula is C14H21N5O. The van der Waals surface area contributed by atoms with Crippen LogP contribution in [0.3, 0.4) is 0 Å². The molecule has 0 radical (unpaired) electrons. The van der Waals surface area contributed by atoms with Crippen molar-refractivity contribution in [2.24, 2.45) is 0 Å². The molecule has 0 saturated carbocycles. The van der Waals surface area contributed by atoms with E-state index < -0.39 is 0 Å². The number of rotatable bonds is 5. The average molecular weight is 275 g/mol. The molecule has 1 N–H and O–H groups in total. The fourth-order valence-electron chi connectivity index (χ4n) is 2.55. The summed E-state index contributed by atoms with van der Waals surface area (Å²) in [5, 5.41) is 11.4. The van der Waals surface area contributed by atoms with Crippen molar-refractivity contribution in [2.45, 2.75) is 40.0 Å². The van der Waals surface area contributed by atoms with Crippen molar-refractivity contribution in [3.63, 3.8) is 0 Å². The quantitative estimate of drug-likeness (QED) is 0.891. The molecule has 1 aliphatic rings. The van der Waals surface area contributed by atoms with Crippen LogP contribution in [0.1, 0.15) is 29.8 Å². The highest BCUT2D eigenvalue weighted by atomic mass is 16.3. The Morgan fingerprint density at radius 2 is 2.30 bits per heavy atom. The number of aryl methyl sites for hydroxylation is 1. The van der Waals surface area contributed by atoms with Crippen LogP contribution in [0.15, 0.2) is 16.8 Å². The molecule has 2 aromatic heterocycles. The summed E-state index contributed by atoms with van der Waals surface area (Å²) in [4.78, 5) is 2.35. The SMILES string of the molecule is CCNCc1oc(CN2CCn3cnnc3C2)cc1C. The third-order valence-electron chi connectivity index (χ3n) is 3.70. The van der Waals surface area contributed by atoms with Crippen LogP contribution in [0, 0.1) is 6.92 Å². The molecule has 0 unspecified atom stereocenters. The number of fused-ring (bicyclic) bond motifs is 1. The van der Waals surface area contributed by atoms with Crippen molar-refractivity contribution in [1.82, 2.24) is 25.0 Å². The maximum atomic E-state index is 5.94. The Kier molecular flexibility index (Phi) is 3.84. The van der Waals surface area contributed by atoms with Crippen molar-refractivity contribution < 1.29 is 4.42 Å². The van der Waals surface area contributed by atoms with Crippen molar-refractivity contribution in [3.8, 4) is 0 Å². The zero-order valence-electron chi connectivity index (χ0n) is 12.1. The van der Waals surface area contributed by atoms with Crippen molar-refractivity contribution >= 4 is 0 Å². The standard InChI is InChI=1S/C14H21N5O/c1-3-15-7-13-11(2)6-12(20-13)8-18-4-5-19-10-16-17-14(19)9-18/h6,10,15H,3-5,7-9H2,1-2H3. The van der Waals surface area contributed by atoms with E-state index in [1.807, 2.05) is 0 Å². The maximum Gasteiger partial charge on any atom is 0.147 e. The van der Waals surface area contributed by atoms with Crippen LogP contribution in [0.5, 0.6) is 0 Å². The normalized spacial score (nSPS) is 15.5. The Balaban J connectivity index is 1.64. The lowest BCUT2D eigenvalue weighted by atomic mass is 10.2. The first-order valence-electron chi connectivity index (χ1n) is 7.14. The summed E-state index contributed by atoms with van der Waals surface area (Å²) >= 11 is 0. The van der Waals surface area contributed by atoms with E-state index in [0.717, 1.165) is 56.6 Å². The number of furan rings is 1. The molecule has 0 spiro atoms. The van der Waals surface area contributed by atoms with E-state index in [1.54, 1.807) is 6.33 Å². The van der Waals surface area contributed by atoms with Crippen LogP contribution in [-0.2, 0) is 26.2 Å². The van der Waals surface area contributed by atoms with Crippen molar-refractivity contribution in [1.29, 1.82) is 0 Å². The molecule has 1 aliphatic heterocycles. The molecular weight excluding hydrogens is 254 g/mol. The number of nitrogens with one attached hydrogen (secondary N) is 1. The van der Waals surface area contributed by atoms with Gasteiger partial charge >= 0.3 is 0 Å². The predicted octanol–water partition coefficient (Wildman–Crippen LogP) is 1.30. The van der Waals surface area contributed by atoms with Gasteiger partial charge in [0, 0.05) is 13.1 Å². The van der Waals surface area contributed by atoms with Gasteiger partial charge in [0.15, 0.2) is 0 Å². The molecule has 2 aromatic rings. The predicted molar refractivity (Wildman–Crippen MR) is 75.0 cm³/mol. The summed E-state index contributed by atoms with van der Waals surface area (Å²) in [6, 6.07) is 2.14. The van der Waals surface area contributed by atoms with Gasteiger partial charge in [-0.2, -0.15) is 0 Å². The summed E-state index contributed by atoms with van der Waals surface area (Å²) < 4.78 is 8.05. The molecule has 0 fully saturated rings. The van der Waals surface area contributed by atoms with Gasteiger partial charge in [-0.15, -0.1) is 10.2 Å². The van der Waals surface area contributed by atoms with Gasteiger partial charge in [-0.05, 0) is 25.1 Å². The van der Waals surface area contributed by atoms with E-state index >= 15 is 0 Å². The lowest BCUT2D eigenvalue weighted by Gasteiger charge is -2.25. The largest absolute Gasteiger partial charge is 0.463 e. The van der Waals surface area contributed by atoms with Crippen molar-refractivity contribution in [2.75, 3.05) is 13.1 Å². The van der Waals surface area contributed by atoms with Gasteiger partial charge < -0.3 is 14.3 Å². The number of hydrogen-bond acceptors (Lipinski definition) is 5. The zero-order chi connectivity index (χ0) is 13.9. The number of aromatic nitrogens is 3. The number of nitrogens with zero attached hydrogens (tertiary/aromatic N) is 4. The molecule has 6 nitrogen and oxygen atoms in total. The molecule has 0 aliphatic carbocycles. The third-order valence-corrected chi connectivity index (χ3v) is 3.70. The highest BCUT2D eigenvalue weighted by molar-refractivity contribution is 5.20. The fourth-order valence-corrected chi connectivity index (χ4v) is 2.55. The summed E-state index contributed by atoms with van der Waals surface area (Å²) in [6.45, 7) is 9.59. The van der Waals surface area contributed by atoms with Gasteiger partial charge in [-0.1, -0.05) is 6.92 Å². The van der Waals surface area contributed by atoms with Crippen LogP contribution in [0.25, 0.3) is 0 Å². The third kappa shape index (κ3) is 2.76. The van der Waals surface area contributed by atoms with E-state index in [1.165, 1.54) is 5.56 Å². The molecule has 0 amide bonds. The summed E-state index contributed by atoms with van der Waals surface area (Å²) in [5.41, 5.74) is 1.22. The summed E-state index contributed by atoms with van der Waals surface area (Å²) in [6.07, 6.45) is 1.80. The minimum Gasteiger partial charge on any atom is -0.463 e. The second-order valence-electron chi connectivity index (χ2n) is 5.25. The second-order valence-corrected chi connectivity index (χ2v) is 5.25. The summed E-state index contributed by atoms with van der Waals surface area (Å²) in [7, 11) is 0. The molecule has 0 atom stereocenters. The highest BCUT2D eigenvalue weighted by Crippen LogP contribution is 2.18.